The summed E-state index contributed by atoms with van der Waals surface area (Å²) >= 11 is 0. The third-order valence-electron chi connectivity index (χ3n) is 5.71. The Bertz CT molecular complexity index is 1340. The Morgan fingerprint density at radius 2 is 1.54 bits per heavy atom. The van der Waals surface area contributed by atoms with Crippen molar-refractivity contribution >= 4 is 10.0 Å². The number of aryl methyl sites for hydroxylation is 2. The summed E-state index contributed by atoms with van der Waals surface area (Å²) in [7, 11) is -4.01. The number of benzene rings is 2. The molecule has 1 saturated heterocycles. The molecule has 1 aliphatic heterocycles. The van der Waals surface area contributed by atoms with Crippen LogP contribution in [0.5, 0.6) is 5.75 Å². The van der Waals surface area contributed by atoms with Crippen LogP contribution in [0.3, 0.4) is 0 Å². The molecule has 2 aromatic carbocycles. The molecule has 7 nitrogen and oxygen atoms in total. The molecule has 4 rings (SSSR count). The summed E-state index contributed by atoms with van der Waals surface area (Å²) in [6.07, 6.45) is 1.29. The van der Waals surface area contributed by atoms with E-state index in [1.165, 1.54) is 16.6 Å². The molecule has 0 spiro atoms. The van der Waals surface area contributed by atoms with E-state index in [0.29, 0.717) is 31.5 Å². The maximum atomic E-state index is 13.5. The van der Waals surface area contributed by atoms with Gasteiger partial charge in [-0.3, -0.25) is 9.69 Å². The SMILES string of the molecule is Cc1cc(C)cc(COc2coc(CN3CCN(S(=O)(=O)c4cc(F)cc(F)c4)CC3)cc2=O)c1. The molecule has 1 fully saturated rings. The standard InChI is InChI=1S/C25H26F2N2O5S/c1-17-7-18(2)9-19(8-17)15-34-25-16-33-22(13-24(25)30)14-28-3-5-29(6-4-28)35(31,32)23-11-20(26)10-21(27)12-23/h7-13,16H,3-6,14-15H2,1-2H3. The van der Waals surface area contributed by atoms with Crippen LogP contribution < -0.4 is 10.2 Å². The van der Waals surface area contributed by atoms with E-state index in [1.54, 1.807) is 0 Å². The molecule has 0 bridgehead atoms. The fraction of sp³-hybridized carbons (Fsp3) is 0.320. The molecule has 186 valence electrons. The molecule has 0 amide bonds. The summed E-state index contributed by atoms with van der Waals surface area (Å²) in [5.74, 6) is -1.35. The van der Waals surface area contributed by atoms with Gasteiger partial charge in [0.1, 0.15) is 30.3 Å². The molecule has 35 heavy (non-hydrogen) atoms. The van der Waals surface area contributed by atoms with Crippen molar-refractivity contribution in [3.63, 3.8) is 0 Å². The summed E-state index contributed by atoms with van der Waals surface area (Å²) in [5, 5.41) is 0. The molecule has 0 aliphatic carbocycles. The van der Waals surface area contributed by atoms with Gasteiger partial charge < -0.3 is 9.15 Å². The van der Waals surface area contributed by atoms with Gasteiger partial charge in [0, 0.05) is 38.3 Å². The van der Waals surface area contributed by atoms with E-state index >= 15 is 0 Å². The highest BCUT2D eigenvalue weighted by Gasteiger charge is 2.29. The van der Waals surface area contributed by atoms with Crippen LogP contribution in [0.4, 0.5) is 8.78 Å². The Labute approximate surface area is 202 Å². The van der Waals surface area contributed by atoms with E-state index in [4.69, 9.17) is 9.15 Å². The molecule has 3 aromatic rings. The predicted molar refractivity (Wildman–Crippen MR) is 126 cm³/mol. The molecular weight excluding hydrogens is 478 g/mol. The van der Waals surface area contributed by atoms with Gasteiger partial charge >= 0.3 is 0 Å². The van der Waals surface area contributed by atoms with Crippen molar-refractivity contribution in [1.82, 2.24) is 9.21 Å². The summed E-state index contributed by atoms with van der Waals surface area (Å²) in [6.45, 7) is 5.57. The normalized spacial score (nSPS) is 15.3. The lowest BCUT2D eigenvalue weighted by molar-refractivity contribution is 0.169. The maximum absolute atomic E-state index is 13.5. The number of hydrogen-bond donors (Lipinski definition) is 0. The first-order valence-electron chi connectivity index (χ1n) is 11.1. The average molecular weight is 505 g/mol. The van der Waals surface area contributed by atoms with E-state index in [-0.39, 0.29) is 30.9 Å². The number of halogens is 2. The second kappa shape index (κ2) is 10.3. The third-order valence-corrected chi connectivity index (χ3v) is 7.59. The first kappa shape index (κ1) is 25.0. The van der Waals surface area contributed by atoms with Gasteiger partial charge in [-0.25, -0.2) is 17.2 Å². The number of piperazine rings is 1. The molecule has 0 N–H and O–H groups in total. The van der Waals surface area contributed by atoms with E-state index in [2.05, 4.69) is 6.07 Å². The van der Waals surface area contributed by atoms with Crippen molar-refractivity contribution in [3.05, 3.63) is 93.0 Å². The summed E-state index contributed by atoms with van der Waals surface area (Å²) in [4.78, 5) is 14.0. The molecule has 0 atom stereocenters. The molecule has 10 heteroatoms. The Kier molecular flexibility index (Phi) is 7.34. The van der Waals surface area contributed by atoms with Gasteiger partial charge in [-0.2, -0.15) is 4.31 Å². The Hall–Kier alpha value is -3.08. The Morgan fingerprint density at radius 3 is 2.14 bits per heavy atom. The zero-order valence-electron chi connectivity index (χ0n) is 19.5. The van der Waals surface area contributed by atoms with Crippen molar-refractivity contribution < 1.29 is 26.4 Å². The van der Waals surface area contributed by atoms with Crippen LogP contribution >= 0.6 is 0 Å². The molecular formula is C25H26F2N2O5S. The summed E-state index contributed by atoms with van der Waals surface area (Å²) < 4.78 is 64.9. The lowest BCUT2D eigenvalue weighted by atomic mass is 10.1. The van der Waals surface area contributed by atoms with Gasteiger partial charge in [0.2, 0.25) is 21.2 Å². The zero-order valence-corrected chi connectivity index (χ0v) is 20.3. The minimum absolute atomic E-state index is 0.117. The molecule has 1 aromatic heterocycles. The minimum Gasteiger partial charge on any atom is -0.482 e. The summed E-state index contributed by atoms with van der Waals surface area (Å²) in [6, 6.07) is 9.66. The molecule has 0 unspecified atom stereocenters. The van der Waals surface area contributed by atoms with E-state index < -0.39 is 26.6 Å². The molecule has 1 aliphatic rings. The molecule has 0 saturated carbocycles. The maximum Gasteiger partial charge on any atom is 0.243 e. The van der Waals surface area contributed by atoms with Crippen LogP contribution in [0, 0.1) is 25.5 Å². The third kappa shape index (κ3) is 6.14. The van der Waals surface area contributed by atoms with Crippen molar-refractivity contribution in [1.29, 1.82) is 0 Å². The fourth-order valence-electron chi connectivity index (χ4n) is 4.12. The second-order valence-electron chi connectivity index (χ2n) is 8.64. The first-order valence-corrected chi connectivity index (χ1v) is 12.5. The quantitative estimate of drug-likeness (QED) is 0.489. The highest BCUT2D eigenvalue weighted by molar-refractivity contribution is 7.89. The zero-order chi connectivity index (χ0) is 25.2. The topological polar surface area (TPSA) is 80.1 Å². The Morgan fingerprint density at radius 1 is 0.914 bits per heavy atom. The highest BCUT2D eigenvalue weighted by Crippen LogP contribution is 2.21. The lowest BCUT2D eigenvalue weighted by Gasteiger charge is -2.33. The van der Waals surface area contributed by atoms with Crippen LogP contribution in [0.25, 0.3) is 0 Å². The molecule has 0 radical (unpaired) electrons. The fourth-order valence-corrected chi connectivity index (χ4v) is 5.58. The number of rotatable bonds is 7. The average Bonchev–Trinajstić information content (AvgIpc) is 2.78. The van der Waals surface area contributed by atoms with Crippen molar-refractivity contribution in [2.75, 3.05) is 26.2 Å². The van der Waals surface area contributed by atoms with E-state index in [1.807, 2.05) is 30.9 Å². The smallest absolute Gasteiger partial charge is 0.243 e. The van der Waals surface area contributed by atoms with Gasteiger partial charge in [0.05, 0.1) is 11.4 Å². The van der Waals surface area contributed by atoms with Gasteiger partial charge in [-0.05, 0) is 31.5 Å². The lowest BCUT2D eigenvalue weighted by Crippen LogP contribution is -2.48. The van der Waals surface area contributed by atoms with Crippen LogP contribution in [0.1, 0.15) is 22.5 Å². The highest BCUT2D eigenvalue weighted by atomic mass is 32.2. The molecule has 2 heterocycles. The first-order chi connectivity index (χ1) is 16.6. The number of hydrogen-bond acceptors (Lipinski definition) is 6. The van der Waals surface area contributed by atoms with Crippen molar-refractivity contribution in [2.24, 2.45) is 0 Å². The van der Waals surface area contributed by atoms with Gasteiger partial charge in [-0.15, -0.1) is 0 Å². The van der Waals surface area contributed by atoms with Gasteiger partial charge in [-0.1, -0.05) is 29.3 Å². The van der Waals surface area contributed by atoms with Crippen molar-refractivity contribution in [3.8, 4) is 5.75 Å². The van der Waals surface area contributed by atoms with Crippen LogP contribution in [-0.2, 0) is 23.2 Å². The van der Waals surface area contributed by atoms with Gasteiger partial charge in [0.15, 0.2) is 0 Å². The largest absolute Gasteiger partial charge is 0.482 e. The van der Waals surface area contributed by atoms with Crippen molar-refractivity contribution in [2.45, 2.75) is 31.9 Å². The number of nitrogens with zero attached hydrogens (tertiary/aromatic N) is 2. The van der Waals surface area contributed by atoms with Gasteiger partial charge in [0.25, 0.3) is 0 Å². The monoisotopic (exact) mass is 504 g/mol. The van der Waals surface area contributed by atoms with E-state index in [9.17, 15) is 22.0 Å². The van der Waals surface area contributed by atoms with Crippen LogP contribution in [0.15, 0.2) is 62.8 Å². The summed E-state index contributed by atoms with van der Waals surface area (Å²) in [5.41, 5.74) is 2.88. The predicted octanol–water partition coefficient (Wildman–Crippen LogP) is 3.62. The number of sulfonamides is 1. The Balaban J connectivity index is 1.34. The van der Waals surface area contributed by atoms with Crippen LogP contribution in [0.2, 0.25) is 0 Å². The number of ether oxygens (including phenoxy) is 1. The van der Waals surface area contributed by atoms with E-state index in [0.717, 1.165) is 28.8 Å². The van der Waals surface area contributed by atoms with Crippen LogP contribution in [-0.4, -0.2) is 43.8 Å². The minimum atomic E-state index is -4.01. The second-order valence-corrected chi connectivity index (χ2v) is 10.6.